The van der Waals surface area contributed by atoms with Crippen LogP contribution in [0.2, 0.25) is 10.0 Å². The molecule has 0 aliphatic carbocycles. The van der Waals surface area contributed by atoms with E-state index in [9.17, 15) is 22.8 Å². The van der Waals surface area contributed by atoms with Gasteiger partial charge in [0.05, 0.1) is 38.9 Å². The predicted molar refractivity (Wildman–Crippen MR) is 104 cm³/mol. The van der Waals surface area contributed by atoms with E-state index < -0.39 is 17.7 Å². The summed E-state index contributed by atoms with van der Waals surface area (Å²) in [6.45, 7) is 0.111. The molecule has 0 bridgehead atoms. The summed E-state index contributed by atoms with van der Waals surface area (Å²) in [7, 11) is 0. The van der Waals surface area contributed by atoms with E-state index in [0.717, 1.165) is 4.68 Å². The lowest BCUT2D eigenvalue weighted by Gasteiger charge is -2.15. The largest absolute Gasteiger partial charge is 0.416 e. The molecule has 3 aromatic rings. The van der Waals surface area contributed by atoms with Crippen molar-refractivity contribution in [1.29, 1.82) is 5.26 Å². The summed E-state index contributed by atoms with van der Waals surface area (Å²) in [6.07, 6.45) is -0.224. The van der Waals surface area contributed by atoms with Crippen LogP contribution in [0.1, 0.15) is 17.0 Å². The number of hydrogen-bond acceptors (Lipinski definition) is 6. The van der Waals surface area contributed by atoms with Gasteiger partial charge in [-0.25, -0.2) is 9.07 Å². The highest BCUT2D eigenvalue weighted by atomic mass is 35.5. The van der Waals surface area contributed by atoms with E-state index in [1.807, 2.05) is 6.07 Å². The maximum atomic E-state index is 13.1. The van der Waals surface area contributed by atoms with E-state index in [1.54, 1.807) is 0 Å². The van der Waals surface area contributed by atoms with E-state index in [4.69, 9.17) is 23.2 Å². The summed E-state index contributed by atoms with van der Waals surface area (Å²) in [5.41, 5.74) is -0.757. The minimum atomic E-state index is -4.66. The van der Waals surface area contributed by atoms with Gasteiger partial charge in [-0.05, 0) is 12.1 Å². The number of nitriles is 1. The van der Waals surface area contributed by atoms with Crippen molar-refractivity contribution in [2.75, 3.05) is 11.3 Å². The Hall–Kier alpha value is -2.55. The lowest BCUT2D eigenvalue weighted by molar-refractivity contribution is -0.137. The first-order valence-electron chi connectivity index (χ1n) is 8.03. The van der Waals surface area contributed by atoms with Crippen molar-refractivity contribution in [3.8, 4) is 11.8 Å². The Morgan fingerprint density at radius 1 is 1.20 bits per heavy atom. The van der Waals surface area contributed by atoms with E-state index in [2.05, 4.69) is 20.4 Å². The zero-order chi connectivity index (χ0) is 21.9. The summed E-state index contributed by atoms with van der Waals surface area (Å²) in [4.78, 5) is 8.17. The highest BCUT2D eigenvalue weighted by molar-refractivity contribution is 7.99. The third-order valence-electron chi connectivity index (χ3n) is 3.76. The quantitative estimate of drug-likeness (QED) is 0.374. The third kappa shape index (κ3) is 4.61. The average Bonchev–Trinajstić information content (AvgIpc) is 3.03. The molecule has 3 rings (SSSR count). The van der Waals surface area contributed by atoms with Gasteiger partial charge in [-0.1, -0.05) is 35.0 Å². The van der Waals surface area contributed by atoms with Gasteiger partial charge in [-0.2, -0.15) is 23.5 Å². The topological polar surface area (TPSA) is 79.4 Å². The Morgan fingerprint density at radius 2 is 1.90 bits per heavy atom. The summed E-state index contributed by atoms with van der Waals surface area (Å²) >= 11 is 12.9. The Labute approximate surface area is 181 Å². The molecule has 0 saturated heterocycles. The molecule has 2 heterocycles. The lowest BCUT2D eigenvalue weighted by Crippen LogP contribution is -2.11. The Morgan fingerprint density at radius 3 is 2.43 bits per heavy atom. The van der Waals surface area contributed by atoms with Gasteiger partial charge in [0.25, 0.3) is 0 Å². The predicted octanol–water partition coefficient (Wildman–Crippen LogP) is 5.49. The van der Waals surface area contributed by atoms with Gasteiger partial charge in [-0.15, -0.1) is 0 Å². The lowest BCUT2D eigenvalue weighted by atomic mass is 10.2. The summed E-state index contributed by atoms with van der Waals surface area (Å²) in [5, 5.41) is 15.7. The normalized spacial score (nSPS) is 11.4. The second-order valence-electron chi connectivity index (χ2n) is 5.64. The summed E-state index contributed by atoms with van der Waals surface area (Å²) < 4.78 is 53.3. The minimum Gasteiger partial charge on any atom is -0.363 e. The molecule has 0 aliphatic rings. The molecule has 30 heavy (non-hydrogen) atoms. The molecule has 0 atom stereocenters. The summed E-state index contributed by atoms with van der Waals surface area (Å²) in [6, 6.07) is 2.36. The zero-order valence-electron chi connectivity index (χ0n) is 14.7. The molecule has 0 amide bonds. The number of anilines is 1. The maximum absolute atomic E-state index is 13.1. The Bertz CT molecular complexity index is 1080. The molecule has 13 heteroatoms. The second-order valence-corrected chi connectivity index (χ2v) is 7.37. The van der Waals surface area contributed by atoms with Crippen LogP contribution in [0.4, 0.5) is 23.4 Å². The molecule has 0 radical (unpaired) electrons. The van der Waals surface area contributed by atoms with Gasteiger partial charge < -0.3 is 5.32 Å². The van der Waals surface area contributed by atoms with Crippen LogP contribution in [0.25, 0.3) is 5.69 Å². The molecule has 0 aliphatic heterocycles. The SMILES string of the molecule is N#Cc1nn(-c2c(Cl)cc(C(F)(F)F)cc2Cl)c(NCc2cnccn2)c1SCF. The van der Waals surface area contributed by atoms with Crippen molar-refractivity contribution in [2.24, 2.45) is 0 Å². The number of thioether (sulfide) groups is 1. The standard InChI is InChI=1S/C17H10Cl2F4N6S/c18-11-3-9(17(21,22)23)4-12(19)14(11)29-16(15(30-8-20)13(5-24)28-29)27-7-10-6-25-1-2-26-10/h1-4,6,27H,7-8H2. The maximum Gasteiger partial charge on any atom is 0.416 e. The first kappa shape index (κ1) is 22.1. The number of nitrogens with zero attached hydrogens (tertiary/aromatic N) is 5. The van der Waals surface area contributed by atoms with Crippen molar-refractivity contribution >= 4 is 40.8 Å². The molecule has 6 nitrogen and oxygen atoms in total. The Balaban J connectivity index is 2.13. The van der Waals surface area contributed by atoms with Crippen LogP contribution >= 0.6 is 35.0 Å². The van der Waals surface area contributed by atoms with Gasteiger partial charge in [0.2, 0.25) is 0 Å². The van der Waals surface area contributed by atoms with Gasteiger partial charge in [0, 0.05) is 12.4 Å². The number of aromatic nitrogens is 4. The van der Waals surface area contributed by atoms with Gasteiger partial charge >= 0.3 is 6.18 Å². The number of rotatable bonds is 6. The fourth-order valence-corrected chi connectivity index (χ4v) is 3.79. The molecular weight excluding hydrogens is 467 g/mol. The average molecular weight is 477 g/mol. The van der Waals surface area contributed by atoms with Crippen LogP contribution in [0.15, 0.2) is 35.6 Å². The van der Waals surface area contributed by atoms with E-state index in [0.29, 0.717) is 29.6 Å². The first-order chi connectivity index (χ1) is 14.3. The molecule has 0 spiro atoms. The van der Waals surface area contributed by atoms with E-state index >= 15 is 0 Å². The van der Waals surface area contributed by atoms with E-state index in [1.165, 1.54) is 18.6 Å². The fraction of sp³-hybridized carbons (Fsp3) is 0.176. The van der Waals surface area contributed by atoms with Crippen LogP contribution in [-0.2, 0) is 12.7 Å². The minimum absolute atomic E-state index is 0.0878. The molecule has 0 unspecified atom stereocenters. The summed E-state index contributed by atoms with van der Waals surface area (Å²) in [5.74, 6) is 0.128. The van der Waals surface area contributed by atoms with Crippen LogP contribution in [0.3, 0.4) is 0 Å². The van der Waals surface area contributed by atoms with E-state index in [-0.39, 0.29) is 38.7 Å². The number of nitrogens with one attached hydrogen (secondary N) is 1. The molecule has 1 N–H and O–H groups in total. The van der Waals surface area contributed by atoms with Crippen molar-refractivity contribution in [3.63, 3.8) is 0 Å². The number of benzene rings is 1. The van der Waals surface area contributed by atoms with Gasteiger partial charge in [-0.3, -0.25) is 9.97 Å². The van der Waals surface area contributed by atoms with Gasteiger partial charge in [0.1, 0.15) is 23.6 Å². The first-order valence-corrected chi connectivity index (χ1v) is 9.77. The molecule has 0 fully saturated rings. The zero-order valence-corrected chi connectivity index (χ0v) is 17.0. The third-order valence-corrected chi connectivity index (χ3v) is 5.12. The van der Waals surface area contributed by atoms with Crippen LogP contribution in [0, 0.1) is 11.3 Å². The van der Waals surface area contributed by atoms with Crippen LogP contribution < -0.4 is 5.32 Å². The highest BCUT2D eigenvalue weighted by Crippen LogP contribution is 2.41. The molecule has 2 aromatic heterocycles. The molecule has 0 saturated carbocycles. The molecule has 156 valence electrons. The number of halogens is 6. The van der Waals surface area contributed by atoms with Crippen molar-refractivity contribution in [3.05, 3.63) is 57.7 Å². The van der Waals surface area contributed by atoms with Crippen molar-refractivity contribution in [2.45, 2.75) is 17.6 Å². The monoisotopic (exact) mass is 476 g/mol. The molecule has 1 aromatic carbocycles. The van der Waals surface area contributed by atoms with Crippen molar-refractivity contribution < 1.29 is 17.6 Å². The van der Waals surface area contributed by atoms with Crippen LogP contribution in [0.5, 0.6) is 0 Å². The highest BCUT2D eigenvalue weighted by Gasteiger charge is 2.33. The van der Waals surface area contributed by atoms with Crippen LogP contribution in [-0.4, -0.2) is 25.8 Å². The smallest absolute Gasteiger partial charge is 0.363 e. The Kier molecular flexibility index (Phi) is 6.70. The second kappa shape index (κ2) is 9.07. The van der Waals surface area contributed by atoms with Crippen molar-refractivity contribution in [1.82, 2.24) is 19.7 Å². The fourth-order valence-electron chi connectivity index (χ4n) is 2.51. The van der Waals surface area contributed by atoms with Gasteiger partial charge in [0.15, 0.2) is 5.69 Å². The number of alkyl halides is 4. The number of hydrogen-bond donors (Lipinski definition) is 1. The molecular formula is C17H10Cl2F4N6S.